The minimum atomic E-state index is -4.11. The van der Waals surface area contributed by atoms with Crippen molar-refractivity contribution in [2.75, 3.05) is 33.8 Å². The van der Waals surface area contributed by atoms with Crippen LogP contribution in [0.3, 0.4) is 0 Å². The van der Waals surface area contributed by atoms with Crippen LogP contribution < -0.4 is 13.9 Å². The van der Waals surface area contributed by atoms with Crippen molar-refractivity contribution in [3.05, 3.63) is 82.9 Å². The molecule has 0 heterocycles. The number of aryl methyl sites for hydroxylation is 1. The minimum Gasteiger partial charge on any atom is -0.324 e. The molecule has 0 atom stereocenters. The number of anilines is 3. The van der Waals surface area contributed by atoms with Gasteiger partial charge < -0.3 is 5.32 Å². The molecule has 0 unspecified atom stereocenters. The fourth-order valence-corrected chi connectivity index (χ4v) is 5.45. The number of hydrogen-bond donors (Lipinski definition) is 1. The molecular weight excluding hydrogens is 510 g/mol. The second-order valence-electron chi connectivity index (χ2n) is 8.04. The maximum atomic E-state index is 13.6. The summed E-state index contributed by atoms with van der Waals surface area (Å²) in [4.78, 5) is 13.1. The number of rotatable bonds is 8. The van der Waals surface area contributed by atoms with E-state index in [0.717, 1.165) is 20.4 Å². The Kier molecular flexibility index (Phi) is 7.78. The maximum absolute atomic E-state index is 13.6. The van der Waals surface area contributed by atoms with Gasteiger partial charge in [-0.1, -0.05) is 41.4 Å². The van der Waals surface area contributed by atoms with Crippen molar-refractivity contribution in [1.29, 1.82) is 0 Å². The maximum Gasteiger partial charge on any atom is 0.264 e. The highest BCUT2D eigenvalue weighted by Gasteiger charge is 2.29. The largest absolute Gasteiger partial charge is 0.324 e. The fourth-order valence-electron chi connectivity index (χ4n) is 3.31. The summed E-state index contributed by atoms with van der Waals surface area (Å²) in [5, 5.41) is 3.02. The molecule has 0 spiro atoms. The Morgan fingerprint density at radius 3 is 2.20 bits per heavy atom. The van der Waals surface area contributed by atoms with E-state index < -0.39 is 32.5 Å². The lowest BCUT2D eigenvalue weighted by molar-refractivity contribution is -0.114. The van der Waals surface area contributed by atoms with Crippen molar-refractivity contribution in [3.63, 3.8) is 0 Å². The molecule has 0 radical (unpaired) electrons. The van der Waals surface area contributed by atoms with Crippen LogP contribution in [0.25, 0.3) is 0 Å². The predicted molar refractivity (Wildman–Crippen MR) is 140 cm³/mol. The molecule has 3 rings (SSSR count). The van der Waals surface area contributed by atoms with Gasteiger partial charge in [0.25, 0.3) is 10.0 Å². The number of carbonyl (C=O) groups excluding carboxylic acids is 1. The molecule has 3 aromatic carbocycles. The highest BCUT2D eigenvalue weighted by molar-refractivity contribution is 7.93. The van der Waals surface area contributed by atoms with E-state index in [4.69, 9.17) is 11.6 Å². The Hall–Kier alpha value is -3.08. The van der Waals surface area contributed by atoms with Crippen LogP contribution in [-0.2, 0) is 24.8 Å². The zero-order valence-corrected chi connectivity index (χ0v) is 22.1. The first-order valence-corrected chi connectivity index (χ1v) is 14.2. The Bertz CT molecular complexity index is 1460. The van der Waals surface area contributed by atoms with Gasteiger partial charge in [0.1, 0.15) is 6.54 Å². The van der Waals surface area contributed by atoms with Gasteiger partial charge in [0.15, 0.2) is 0 Å². The van der Waals surface area contributed by atoms with Crippen molar-refractivity contribution >= 4 is 54.6 Å². The summed E-state index contributed by atoms with van der Waals surface area (Å²) in [6, 6.07) is 17.4. The van der Waals surface area contributed by atoms with Gasteiger partial charge in [-0.3, -0.25) is 13.4 Å². The summed E-state index contributed by atoms with van der Waals surface area (Å²) < 4.78 is 52.9. The lowest BCUT2D eigenvalue weighted by Crippen LogP contribution is -2.38. The summed E-state index contributed by atoms with van der Waals surface area (Å²) in [5.74, 6) is -0.612. The number of nitrogens with one attached hydrogen (secondary N) is 1. The van der Waals surface area contributed by atoms with Crippen molar-refractivity contribution in [3.8, 4) is 0 Å². The van der Waals surface area contributed by atoms with Gasteiger partial charge in [-0.15, -0.1) is 0 Å². The molecule has 0 aromatic heterocycles. The summed E-state index contributed by atoms with van der Waals surface area (Å²) in [7, 11) is -6.21. The normalized spacial score (nSPS) is 11.7. The van der Waals surface area contributed by atoms with Gasteiger partial charge in [-0.05, 0) is 61.9 Å². The van der Waals surface area contributed by atoms with E-state index in [1.807, 2.05) is 6.92 Å². The van der Waals surface area contributed by atoms with Gasteiger partial charge in [-0.2, -0.15) is 0 Å². The van der Waals surface area contributed by atoms with Gasteiger partial charge in [0.2, 0.25) is 15.9 Å². The monoisotopic (exact) mass is 535 g/mol. The number of hydrogen-bond acceptors (Lipinski definition) is 5. The lowest BCUT2D eigenvalue weighted by atomic mass is 10.2. The van der Waals surface area contributed by atoms with Crippen molar-refractivity contribution in [2.45, 2.75) is 18.7 Å². The highest BCUT2D eigenvalue weighted by atomic mass is 35.5. The van der Waals surface area contributed by atoms with E-state index in [-0.39, 0.29) is 10.6 Å². The SMILES string of the molecule is Cc1ccc(S(=O)(=O)N(CC(=O)Nc2cccc(N(C)S(C)(=O)=O)c2)c2cccc(Cl)c2C)cc1. The first-order valence-electron chi connectivity index (χ1n) is 10.5. The van der Waals surface area contributed by atoms with E-state index >= 15 is 0 Å². The number of benzene rings is 3. The first-order chi connectivity index (χ1) is 16.3. The summed E-state index contributed by atoms with van der Waals surface area (Å²) >= 11 is 6.25. The third kappa shape index (κ3) is 6.14. The van der Waals surface area contributed by atoms with Gasteiger partial charge in [0.05, 0.1) is 22.5 Å². The van der Waals surface area contributed by atoms with Crippen LogP contribution in [0.5, 0.6) is 0 Å². The molecule has 0 aliphatic heterocycles. The van der Waals surface area contributed by atoms with Crippen LogP contribution in [0.4, 0.5) is 17.1 Å². The van der Waals surface area contributed by atoms with Gasteiger partial charge in [-0.25, -0.2) is 16.8 Å². The molecule has 35 heavy (non-hydrogen) atoms. The van der Waals surface area contributed by atoms with E-state index in [0.29, 0.717) is 22.0 Å². The Morgan fingerprint density at radius 2 is 1.57 bits per heavy atom. The average molecular weight is 536 g/mol. The first kappa shape index (κ1) is 26.5. The molecule has 0 saturated heterocycles. The standard InChI is InChI=1S/C24H26ClN3O5S2/c1-17-11-13-21(14-12-17)35(32,33)28(23-10-6-9-22(25)18(23)2)16-24(29)26-19-7-5-8-20(15-19)27(3)34(4,30)31/h5-15H,16H2,1-4H3,(H,26,29). The minimum absolute atomic E-state index is 0.0343. The van der Waals surface area contributed by atoms with Gasteiger partial charge >= 0.3 is 0 Å². The second-order valence-corrected chi connectivity index (χ2v) is 12.3. The van der Waals surface area contributed by atoms with Crippen LogP contribution in [0, 0.1) is 13.8 Å². The van der Waals surface area contributed by atoms with E-state index in [2.05, 4.69) is 5.32 Å². The van der Waals surface area contributed by atoms with Gasteiger partial charge in [0, 0.05) is 17.8 Å². The van der Waals surface area contributed by atoms with E-state index in [1.165, 1.54) is 25.2 Å². The lowest BCUT2D eigenvalue weighted by Gasteiger charge is -2.26. The number of sulfonamides is 2. The van der Waals surface area contributed by atoms with Crippen LogP contribution in [0.2, 0.25) is 5.02 Å². The number of nitrogens with zero attached hydrogens (tertiary/aromatic N) is 2. The predicted octanol–water partition coefficient (Wildman–Crippen LogP) is 4.19. The summed E-state index contributed by atoms with van der Waals surface area (Å²) in [5.41, 5.74) is 2.35. The van der Waals surface area contributed by atoms with Crippen molar-refractivity contribution in [1.82, 2.24) is 0 Å². The third-order valence-electron chi connectivity index (χ3n) is 5.39. The van der Waals surface area contributed by atoms with Crippen LogP contribution in [-0.4, -0.2) is 42.6 Å². The zero-order valence-electron chi connectivity index (χ0n) is 19.7. The van der Waals surface area contributed by atoms with Crippen molar-refractivity contribution < 1.29 is 21.6 Å². The molecule has 11 heteroatoms. The molecule has 1 amide bonds. The Balaban J connectivity index is 1.96. The smallest absolute Gasteiger partial charge is 0.264 e. The molecule has 0 aliphatic carbocycles. The molecule has 0 bridgehead atoms. The van der Waals surface area contributed by atoms with Crippen LogP contribution in [0.15, 0.2) is 71.6 Å². The molecular formula is C24H26ClN3O5S2. The Labute approximate surface area is 211 Å². The van der Waals surface area contributed by atoms with Crippen molar-refractivity contribution in [2.24, 2.45) is 0 Å². The summed E-state index contributed by atoms with van der Waals surface area (Å²) in [6.45, 7) is 3.00. The zero-order chi connectivity index (χ0) is 26.0. The summed E-state index contributed by atoms with van der Waals surface area (Å²) in [6.07, 6.45) is 1.07. The molecule has 8 nitrogen and oxygen atoms in total. The highest BCUT2D eigenvalue weighted by Crippen LogP contribution is 2.31. The van der Waals surface area contributed by atoms with Crippen LogP contribution >= 0.6 is 11.6 Å². The molecule has 1 N–H and O–H groups in total. The third-order valence-corrected chi connectivity index (χ3v) is 8.78. The molecule has 186 valence electrons. The molecule has 3 aromatic rings. The molecule has 0 saturated carbocycles. The van der Waals surface area contributed by atoms with Crippen LogP contribution in [0.1, 0.15) is 11.1 Å². The average Bonchev–Trinajstić information content (AvgIpc) is 2.79. The number of amides is 1. The second kappa shape index (κ2) is 10.3. The Morgan fingerprint density at radius 1 is 0.943 bits per heavy atom. The van der Waals surface area contributed by atoms with E-state index in [1.54, 1.807) is 55.5 Å². The number of halogens is 1. The topological polar surface area (TPSA) is 104 Å². The molecule has 0 fully saturated rings. The van der Waals surface area contributed by atoms with E-state index in [9.17, 15) is 21.6 Å². The molecule has 0 aliphatic rings. The number of carbonyl (C=O) groups is 1. The fraction of sp³-hybridized carbons (Fsp3) is 0.208. The quantitative estimate of drug-likeness (QED) is 0.466.